The van der Waals surface area contributed by atoms with Crippen LogP contribution in [0.4, 0.5) is 8.78 Å². The number of hydroxylamine groups is 2. The molecule has 0 saturated carbocycles. The fourth-order valence-corrected chi connectivity index (χ4v) is 3.77. The summed E-state index contributed by atoms with van der Waals surface area (Å²) in [5.41, 5.74) is -1.06. The molecular weight excluding hydrogens is 458 g/mol. The fourth-order valence-electron chi connectivity index (χ4n) is 3.37. The van der Waals surface area contributed by atoms with Crippen LogP contribution in [0, 0.1) is 11.6 Å². The van der Waals surface area contributed by atoms with E-state index in [2.05, 4.69) is 20.9 Å². The summed E-state index contributed by atoms with van der Waals surface area (Å²) >= 11 is 3.27. The van der Waals surface area contributed by atoms with Gasteiger partial charge < -0.3 is 15.1 Å². The Kier molecular flexibility index (Phi) is 5.31. The number of phenols is 1. The number of aliphatic hydroxyl groups is 1. The fraction of sp³-hybridized carbons (Fsp3) is 0.136. The van der Waals surface area contributed by atoms with Crippen molar-refractivity contribution in [3.05, 3.63) is 99.5 Å². The van der Waals surface area contributed by atoms with E-state index in [-0.39, 0.29) is 22.8 Å². The van der Waals surface area contributed by atoms with E-state index in [0.717, 1.165) is 12.1 Å². The summed E-state index contributed by atoms with van der Waals surface area (Å²) in [5, 5.41) is 22.9. The molecule has 0 bridgehead atoms. The monoisotopic (exact) mass is 474 g/mol. The number of hydrogen-bond acceptors (Lipinski definition) is 5. The van der Waals surface area contributed by atoms with Gasteiger partial charge in [0.2, 0.25) is 0 Å². The maximum atomic E-state index is 14.0. The molecule has 4 rings (SSSR count). The van der Waals surface area contributed by atoms with Gasteiger partial charge in [0, 0.05) is 18.2 Å². The number of benzene rings is 3. The summed E-state index contributed by atoms with van der Waals surface area (Å²) in [5.74, 6) is -1.18. The topological polar surface area (TPSA) is 65.3 Å². The van der Waals surface area contributed by atoms with E-state index in [1.807, 2.05) is 0 Å². The minimum Gasteiger partial charge on any atom is -0.507 e. The predicted octanol–water partition coefficient (Wildman–Crippen LogP) is 4.64. The summed E-state index contributed by atoms with van der Waals surface area (Å²) in [4.78, 5) is 10.3. The van der Waals surface area contributed by atoms with Crippen molar-refractivity contribution in [3.8, 4) is 5.75 Å². The number of aromatic hydroxyl groups is 1. The quantitative estimate of drug-likeness (QED) is 0.577. The van der Waals surface area contributed by atoms with Crippen molar-refractivity contribution in [2.45, 2.75) is 11.8 Å². The molecule has 1 aliphatic heterocycles. The van der Waals surface area contributed by atoms with Gasteiger partial charge in [0.25, 0.3) is 5.90 Å². The number of halogens is 3. The summed E-state index contributed by atoms with van der Waals surface area (Å²) < 4.78 is 28.4. The van der Waals surface area contributed by atoms with Crippen LogP contribution in [0.5, 0.6) is 5.75 Å². The van der Waals surface area contributed by atoms with Crippen LogP contribution in [0.15, 0.2) is 76.2 Å². The number of phenolic OH excluding ortho intramolecular Hbond substituents is 1. The van der Waals surface area contributed by atoms with Gasteiger partial charge in [-0.1, -0.05) is 30.3 Å². The lowest BCUT2D eigenvalue weighted by atomic mass is 9.86. The highest BCUT2D eigenvalue weighted by atomic mass is 79.9. The summed E-state index contributed by atoms with van der Waals surface area (Å²) in [7, 11) is 1.62. The van der Waals surface area contributed by atoms with Gasteiger partial charge in [0.05, 0.1) is 4.47 Å². The molecule has 0 aliphatic carbocycles. The number of aliphatic imine (C=N–C) groups is 1. The molecule has 154 valence electrons. The molecule has 30 heavy (non-hydrogen) atoms. The Balaban J connectivity index is 1.86. The van der Waals surface area contributed by atoms with E-state index in [0.29, 0.717) is 10.0 Å². The Bertz CT molecular complexity index is 1090. The van der Waals surface area contributed by atoms with Crippen LogP contribution in [0.25, 0.3) is 0 Å². The van der Waals surface area contributed by atoms with Crippen LogP contribution in [0.2, 0.25) is 0 Å². The van der Waals surface area contributed by atoms with Crippen LogP contribution in [0.1, 0.15) is 22.9 Å². The second kappa shape index (κ2) is 7.79. The van der Waals surface area contributed by atoms with Crippen molar-refractivity contribution in [2.24, 2.45) is 4.99 Å². The zero-order chi connectivity index (χ0) is 21.5. The molecule has 3 aromatic carbocycles. The Hall–Kier alpha value is -2.81. The number of hydrogen-bond donors (Lipinski definition) is 2. The molecule has 3 aromatic rings. The van der Waals surface area contributed by atoms with Crippen molar-refractivity contribution >= 4 is 21.8 Å². The first-order valence-corrected chi connectivity index (χ1v) is 9.80. The van der Waals surface area contributed by atoms with Crippen molar-refractivity contribution in [2.75, 3.05) is 7.05 Å². The minimum absolute atomic E-state index is 0.0700. The van der Waals surface area contributed by atoms with Gasteiger partial charge in [0.1, 0.15) is 17.4 Å². The molecule has 1 atom stereocenters. The van der Waals surface area contributed by atoms with Crippen molar-refractivity contribution in [3.63, 3.8) is 0 Å². The molecule has 1 aliphatic rings. The second-order valence-corrected chi connectivity index (χ2v) is 7.74. The van der Waals surface area contributed by atoms with E-state index in [9.17, 15) is 19.0 Å². The lowest BCUT2D eigenvalue weighted by Gasteiger charge is -2.28. The van der Waals surface area contributed by atoms with Crippen LogP contribution in [-0.4, -0.2) is 28.2 Å². The van der Waals surface area contributed by atoms with Gasteiger partial charge >= 0.3 is 0 Å². The van der Waals surface area contributed by atoms with Gasteiger partial charge in [-0.2, -0.15) is 0 Å². The van der Waals surface area contributed by atoms with E-state index in [1.165, 1.54) is 47.5 Å². The lowest BCUT2D eigenvalue weighted by molar-refractivity contribution is -0.0725. The average Bonchev–Trinajstić information content (AvgIpc) is 3.11. The molecule has 2 N–H and O–H groups in total. The maximum Gasteiger partial charge on any atom is 0.253 e. The maximum absolute atomic E-state index is 14.0. The molecule has 0 radical (unpaired) electrons. The highest BCUT2D eigenvalue weighted by Gasteiger charge is 2.45. The molecule has 8 heteroatoms. The first kappa shape index (κ1) is 20.5. The molecule has 0 aromatic heterocycles. The molecule has 0 spiro atoms. The number of nitrogens with zero attached hydrogens (tertiary/aromatic N) is 2. The smallest absolute Gasteiger partial charge is 0.253 e. The molecular formula is C22H17BrF2N2O3. The average molecular weight is 475 g/mol. The van der Waals surface area contributed by atoms with Gasteiger partial charge in [-0.25, -0.2) is 13.8 Å². The lowest BCUT2D eigenvalue weighted by Crippen LogP contribution is -2.38. The van der Waals surface area contributed by atoms with Crippen LogP contribution < -0.4 is 0 Å². The largest absolute Gasteiger partial charge is 0.507 e. The van der Waals surface area contributed by atoms with Crippen LogP contribution in [0.3, 0.4) is 0 Å². The minimum atomic E-state index is -2.03. The molecule has 5 nitrogen and oxygen atoms in total. The Morgan fingerprint density at radius 1 is 1.00 bits per heavy atom. The number of rotatable bonds is 4. The SMILES string of the molecule is CN1OC(C(O)(c2cccc(F)c2)c2cccc(F)c2)=NC1c1ccc(O)c(Br)c1. The normalized spacial score (nSPS) is 17.0. The summed E-state index contributed by atoms with van der Waals surface area (Å²) in [6.45, 7) is 0. The highest BCUT2D eigenvalue weighted by molar-refractivity contribution is 9.10. The third-order valence-corrected chi connectivity index (χ3v) is 5.51. The Morgan fingerprint density at radius 2 is 1.60 bits per heavy atom. The van der Waals surface area contributed by atoms with Gasteiger partial charge in [-0.3, -0.25) is 0 Å². The van der Waals surface area contributed by atoms with Crippen molar-refractivity contribution in [1.82, 2.24) is 5.06 Å². The van der Waals surface area contributed by atoms with Crippen molar-refractivity contribution < 1.29 is 23.8 Å². The van der Waals surface area contributed by atoms with Gasteiger partial charge in [-0.05, 0) is 57.9 Å². The first-order valence-electron chi connectivity index (χ1n) is 9.01. The van der Waals surface area contributed by atoms with E-state index < -0.39 is 23.4 Å². The molecule has 1 heterocycles. The van der Waals surface area contributed by atoms with Crippen molar-refractivity contribution in [1.29, 1.82) is 0 Å². The zero-order valence-electron chi connectivity index (χ0n) is 15.8. The third kappa shape index (κ3) is 3.58. The third-order valence-electron chi connectivity index (χ3n) is 4.88. The second-order valence-electron chi connectivity index (χ2n) is 6.89. The standard InChI is InChI=1S/C22H17BrF2N2O3/c1-27-20(13-8-9-19(28)18(23)10-13)26-21(30-27)22(29,14-4-2-6-16(24)11-14)15-5-3-7-17(25)12-15/h2-12,20,28-29H,1H3. The summed E-state index contributed by atoms with van der Waals surface area (Å²) in [6.07, 6.45) is -0.648. The zero-order valence-corrected chi connectivity index (χ0v) is 17.3. The molecule has 1 unspecified atom stereocenters. The van der Waals surface area contributed by atoms with E-state index in [1.54, 1.807) is 19.2 Å². The molecule has 0 amide bonds. The van der Waals surface area contributed by atoms with Crippen LogP contribution in [-0.2, 0) is 10.4 Å². The highest BCUT2D eigenvalue weighted by Crippen LogP contribution is 2.39. The summed E-state index contributed by atoms with van der Waals surface area (Å²) in [6, 6.07) is 15.6. The first-order chi connectivity index (χ1) is 14.3. The molecule has 0 fully saturated rings. The predicted molar refractivity (Wildman–Crippen MR) is 111 cm³/mol. The molecule has 0 saturated heterocycles. The van der Waals surface area contributed by atoms with Gasteiger partial charge in [-0.15, -0.1) is 5.06 Å². The van der Waals surface area contributed by atoms with E-state index in [4.69, 9.17) is 4.84 Å². The Labute approximate surface area is 180 Å². The van der Waals surface area contributed by atoms with Gasteiger partial charge in [0.15, 0.2) is 11.8 Å². The van der Waals surface area contributed by atoms with E-state index >= 15 is 0 Å². The Morgan fingerprint density at radius 3 is 2.13 bits per heavy atom. The van der Waals surface area contributed by atoms with Crippen LogP contribution >= 0.6 is 15.9 Å².